The molecule has 190 valence electrons. The van der Waals surface area contributed by atoms with Crippen LogP contribution >= 0.6 is 11.6 Å². The zero-order chi connectivity index (χ0) is 25.9. The molecule has 4 aromatic rings. The van der Waals surface area contributed by atoms with Gasteiger partial charge >= 0.3 is 0 Å². The number of hydrogen-bond acceptors (Lipinski definition) is 5. The number of rotatable bonds is 6. The van der Waals surface area contributed by atoms with Crippen molar-refractivity contribution in [1.82, 2.24) is 14.1 Å². The molecular formula is C28H29ClN6O2. The summed E-state index contributed by atoms with van der Waals surface area (Å²) in [5, 5.41) is 4.87. The van der Waals surface area contributed by atoms with Gasteiger partial charge in [0.05, 0.1) is 28.5 Å². The Balaban J connectivity index is 1.64. The third-order valence-corrected chi connectivity index (χ3v) is 6.96. The topological polar surface area (TPSA) is 85.8 Å². The monoisotopic (exact) mass is 516 g/mol. The minimum Gasteiger partial charge on any atom is -0.373 e. The Morgan fingerprint density at radius 1 is 1.22 bits per heavy atom. The highest BCUT2D eigenvalue weighted by atomic mass is 35.5. The van der Waals surface area contributed by atoms with Crippen molar-refractivity contribution in [2.24, 2.45) is 9.98 Å². The number of fused-ring (bicyclic) bond motifs is 1. The van der Waals surface area contributed by atoms with E-state index < -0.39 is 6.04 Å². The van der Waals surface area contributed by atoms with E-state index in [4.69, 9.17) is 21.3 Å². The zero-order valence-electron chi connectivity index (χ0n) is 20.9. The van der Waals surface area contributed by atoms with Crippen LogP contribution in [0.3, 0.4) is 0 Å². The second kappa shape index (κ2) is 10.7. The van der Waals surface area contributed by atoms with E-state index in [1.807, 2.05) is 67.1 Å². The van der Waals surface area contributed by atoms with Gasteiger partial charge in [-0.05, 0) is 62.6 Å². The number of amidine groups is 1. The van der Waals surface area contributed by atoms with Gasteiger partial charge in [0.25, 0.3) is 5.56 Å². The second-order valence-electron chi connectivity index (χ2n) is 8.96. The first kappa shape index (κ1) is 24.9. The molecule has 0 amide bonds. The number of pyridine rings is 1. The molecule has 5 rings (SSSR count). The molecule has 2 atom stereocenters. The minimum atomic E-state index is -0.447. The fraction of sp³-hybridized carbons (Fsp3) is 0.286. The van der Waals surface area contributed by atoms with E-state index in [0.717, 1.165) is 42.8 Å². The van der Waals surface area contributed by atoms with Gasteiger partial charge < -0.3 is 10.1 Å². The van der Waals surface area contributed by atoms with Crippen LogP contribution in [-0.2, 0) is 4.74 Å². The lowest BCUT2D eigenvalue weighted by molar-refractivity contribution is -0.0307. The SMILES string of the molecule is C=NC(=N[C@@H](C)c1cc2cccc(Cl)c2c(=O)n1-c1ccccc1)c1ncn(C2CCCCO2)c1NC. The minimum absolute atomic E-state index is 0.0885. The van der Waals surface area contributed by atoms with Gasteiger partial charge in [-0.15, -0.1) is 0 Å². The Kier molecular flexibility index (Phi) is 7.21. The number of para-hydroxylation sites is 1. The fourth-order valence-corrected chi connectivity index (χ4v) is 5.11. The van der Waals surface area contributed by atoms with Crippen molar-refractivity contribution >= 4 is 40.7 Å². The molecule has 37 heavy (non-hydrogen) atoms. The Bertz CT molecular complexity index is 1520. The molecule has 9 heteroatoms. The van der Waals surface area contributed by atoms with Gasteiger partial charge in [-0.25, -0.2) is 9.98 Å². The quantitative estimate of drug-likeness (QED) is 0.259. The maximum absolute atomic E-state index is 13.7. The highest BCUT2D eigenvalue weighted by Crippen LogP contribution is 2.30. The number of benzene rings is 2. The highest BCUT2D eigenvalue weighted by Gasteiger charge is 2.24. The molecule has 0 aliphatic carbocycles. The Hall–Kier alpha value is -3.75. The van der Waals surface area contributed by atoms with Crippen LogP contribution in [0.1, 0.15) is 49.8 Å². The summed E-state index contributed by atoms with van der Waals surface area (Å²) in [4.78, 5) is 27.5. The predicted molar refractivity (Wildman–Crippen MR) is 150 cm³/mol. The summed E-state index contributed by atoms with van der Waals surface area (Å²) in [6, 6.07) is 16.4. The Morgan fingerprint density at radius 3 is 2.73 bits per heavy atom. The van der Waals surface area contributed by atoms with Crippen LogP contribution < -0.4 is 10.9 Å². The Labute approximate surface area is 220 Å². The second-order valence-corrected chi connectivity index (χ2v) is 9.36. The molecule has 8 nitrogen and oxygen atoms in total. The summed E-state index contributed by atoms with van der Waals surface area (Å²) in [6.45, 7) is 6.42. The number of aliphatic imine (C=N–C) groups is 2. The van der Waals surface area contributed by atoms with Gasteiger partial charge in [-0.3, -0.25) is 18.9 Å². The van der Waals surface area contributed by atoms with Gasteiger partial charge in [0.2, 0.25) is 0 Å². The lowest BCUT2D eigenvalue weighted by Gasteiger charge is -2.25. The standard InChI is InChI=1S/C28H29ClN6O2/c1-18(33-26(30-2)25-27(31-3)34(17-32-25)23-14-7-8-15-37-23)22-16-19-10-9-13-21(29)24(19)28(36)35(22)20-11-5-4-6-12-20/h4-6,9-13,16-18,23,31H,2,7-8,14-15H2,1,3H3/t18-,23?/m0/s1. The molecule has 1 saturated heterocycles. The summed E-state index contributed by atoms with van der Waals surface area (Å²) in [5.41, 5.74) is 1.81. The van der Waals surface area contributed by atoms with Crippen molar-refractivity contribution in [1.29, 1.82) is 0 Å². The average molecular weight is 517 g/mol. The molecule has 0 saturated carbocycles. The number of nitrogens with one attached hydrogen (secondary N) is 1. The molecule has 0 spiro atoms. The van der Waals surface area contributed by atoms with Crippen molar-refractivity contribution in [3.05, 3.63) is 87.7 Å². The zero-order valence-corrected chi connectivity index (χ0v) is 21.7. The summed E-state index contributed by atoms with van der Waals surface area (Å²) in [7, 11) is 1.84. The molecule has 1 unspecified atom stereocenters. The van der Waals surface area contributed by atoms with E-state index in [1.165, 1.54) is 0 Å². The van der Waals surface area contributed by atoms with E-state index in [9.17, 15) is 4.79 Å². The normalized spacial score (nSPS) is 17.1. The number of imidazole rings is 1. The third kappa shape index (κ3) is 4.70. The summed E-state index contributed by atoms with van der Waals surface area (Å²) in [6.07, 6.45) is 4.74. The summed E-state index contributed by atoms with van der Waals surface area (Å²) in [5.74, 6) is 1.14. The van der Waals surface area contributed by atoms with Crippen LogP contribution in [0.25, 0.3) is 16.5 Å². The van der Waals surface area contributed by atoms with Crippen LogP contribution in [0.15, 0.2) is 75.7 Å². The van der Waals surface area contributed by atoms with Crippen molar-refractivity contribution in [2.75, 3.05) is 19.0 Å². The molecule has 1 fully saturated rings. The van der Waals surface area contributed by atoms with E-state index in [-0.39, 0.29) is 11.8 Å². The van der Waals surface area contributed by atoms with Crippen LogP contribution in [0.4, 0.5) is 5.82 Å². The summed E-state index contributed by atoms with van der Waals surface area (Å²) >= 11 is 6.45. The molecule has 1 N–H and O–H groups in total. The molecular weight excluding hydrogens is 488 g/mol. The predicted octanol–water partition coefficient (Wildman–Crippen LogP) is 5.79. The van der Waals surface area contributed by atoms with Crippen LogP contribution in [-0.4, -0.2) is 40.3 Å². The number of ether oxygens (including phenoxy) is 1. The van der Waals surface area contributed by atoms with Crippen LogP contribution in [0.2, 0.25) is 5.02 Å². The summed E-state index contributed by atoms with van der Waals surface area (Å²) < 4.78 is 9.61. The number of hydrogen-bond donors (Lipinski definition) is 1. The maximum atomic E-state index is 13.7. The van der Waals surface area contributed by atoms with Crippen molar-refractivity contribution < 1.29 is 4.74 Å². The first-order valence-electron chi connectivity index (χ1n) is 12.3. The number of anilines is 1. The van der Waals surface area contributed by atoms with Crippen molar-refractivity contribution in [3.8, 4) is 5.69 Å². The first-order chi connectivity index (χ1) is 18.0. The smallest absolute Gasteiger partial charge is 0.264 e. The van der Waals surface area contributed by atoms with Gasteiger partial charge in [0.15, 0.2) is 5.84 Å². The van der Waals surface area contributed by atoms with Crippen molar-refractivity contribution in [2.45, 2.75) is 38.5 Å². The molecule has 2 aromatic carbocycles. The van der Waals surface area contributed by atoms with Gasteiger partial charge in [-0.1, -0.05) is 41.9 Å². The van der Waals surface area contributed by atoms with Gasteiger partial charge in [-0.2, -0.15) is 0 Å². The fourth-order valence-electron chi connectivity index (χ4n) is 4.85. The molecule has 1 aliphatic heterocycles. The number of nitrogens with zero attached hydrogens (tertiary/aromatic N) is 5. The third-order valence-electron chi connectivity index (χ3n) is 6.64. The average Bonchev–Trinajstić information content (AvgIpc) is 3.36. The molecule has 0 radical (unpaired) electrons. The van der Waals surface area contributed by atoms with Crippen molar-refractivity contribution in [3.63, 3.8) is 0 Å². The molecule has 2 aromatic heterocycles. The Morgan fingerprint density at radius 2 is 2.03 bits per heavy atom. The van der Waals surface area contributed by atoms with E-state index >= 15 is 0 Å². The van der Waals surface area contributed by atoms with E-state index in [0.29, 0.717) is 27.6 Å². The largest absolute Gasteiger partial charge is 0.373 e. The van der Waals surface area contributed by atoms with E-state index in [1.54, 1.807) is 17.0 Å². The highest BCUT2D eigenvalue weighted by molar-refractivity contribution is 6.35. The maximum Gasteiger partial charge on any atom is 0.264 e. The lowest BCUT2D eigenvalue weighted by Crippen LogP contribution is -2.23. The number of aromatic nitrogens is 3. The first-order valence-corrected chi connectivity index (χ1v) is 12.7. The van der Waals surface area contributed by atoms with Crippen LogP contribution in [0, 0.1) is 0 Å². The van der Waals surface area contributed by atoms with Gasteiger partial charge in [0.1, 0.15) is 17.7 Å². The van der Waals surface area contributed by atoms with Crippen LogP contribution in [0.5, 0.6) is 0 Å². The number of halogens is 1. The molecule has 3 heterocycles. The van der Waals surface area contributed by atoms with E-state index in [2.05, 4.69) is 22.0 Å². The molecule has 1 aliphatic rings. The van der Waals surface area contributed by atoms with Gasteiger partial charge in [0, 0.05) is 19.3 Å². The lowest BCUT2D eigenvalue weighted by atomic mass is 10.1. The molecule has 0 bridgehead atoms.